The minimum Gasteiger partial charge on any atom is -0.495 e. The Balaban J connectivity index is 0.000000804. The number of carbonyl (C=O) groups is 2. The number of hydrogen-bond donors (Lipinski definition) is 3. The molecule has 0 spiro atoms. The highest BCUT2D eigenvalue weighted by Gasteiger charge is 2.38. The van der Waals surface area contributed by atoms with Crippen molar-refractivity contribution in [1.29, 1.82) is 0 Å². The molecule has 3 N–H and O–H groups in total. The zero-order chi connectivity index (χ0) is 35.7. The van der Waals surface area contributed by atoms with E-state index in [1.54, 1.807) is 25.3 Å². The molecule has 0 atom stereocenters. The van der Waals surface area contributed by atoms with Crippen LogP contribution in [-0.2, 0) is 21.0 Å². The lowest BCUT2D eigenvalue weighted by atomic mass is 10.2. The third-order valence-electron chi connectivity index (χ3n) is 7.11. The lowest BCUT2D eigenvalue weighted by Gasteiger charge is -2.36. The number of ether oxygens (including phenoxy) is 1. The zero-order valence-corrected chi connectivity index (χ0v) is 26.7. The molecular formula is C31H34F6N4O6S. The lowest BCUT2D eigenvalue weighted by molar-refractivity contribution is -0.192. The third-order valence-corrected chi connectivity index (χ3v) is 8.51. The Labute approximate surface area is 273 Å². The molecule has 1 aliphatic heterocycles. The van der Waals surface area contributed by atoms with Gasteiger partial charge in [-0.05, 0) is 79.7 Å². The Hall–Kier alpha value is -4.51. The number of halogens is 6. The quantitative estimate of drug-likeness (QED) is 0.209. The molecule has 0 aliphatic carbocycles. The van der Waals surface area contributed by atoms with E-state index in [1.165, 1.54) is 24.3 Å². The number of sulfonamides is 1. The number of carboxylic acids is 1. The van der Waals surface area contributed by atoms with E-state index < -0.39 is 39.8 Å². The van der Waals surface area contributed by atoms with Crippen LogP contribution < -0.4 is 19.7 Å². The molecule has 1 aliphatic rings. The van der Waals surface area contributed by atoms with Crippen molar-refractivity contribution in [2.45, 2.75) is 37.0 Å². The van der Waals surface area contributed by atoms with Gasteiger partial charge in [-0.1, -0.05) is 13.3 Å². The van der Waals surface area contributed by atoms with Crippen LogP contribution >= 0.6 is 0 Å². The van der Waals surface area contributed by atoms with Crippen LogP contribution in [0.2, 0.25) is 0 Å². The van der Waals surface area contributed by atoms with Gasteiger partial charge in [-0.2, -0.15) is 26.3 Å². The minimum absolute atomic E-state index is 0.0505. The number of carboxylic acid groups (broad SMARTS) is 1. The molecule has 1 amide bonds. The smallest absolute Gasteiger partial charge is 0.490 e. The average Bonchev–Trinajstić information content (AvgIpc) is 3.03. The summed E-state index contributed by atoms with van der Waals surface area (Å²) in [4.78, 5) is 26.0. The second-order valence-corrected chi connectivity index (χ2v) is 12.2. The van der Waals surface area contributed by atoms with Crippen LogP contribution in [0, 0.1) is 0 Å². The van der Waals surface area contributed by atoms with Crippen LogP contribution in [-0.4, -0.2) is 76.3 Å². The first-order valence-electron chi connectivity index (χ1n) is 14.5. The molecule has 0 radical (unpaired) electrons. The summed E-state index contributed by atoms with van der Waals surface area (Å²) in [5.41, 5.74) is 0.677. The van der Waals surface area contributed by atoms with Gasteiger partial charge in [0, 0.05) is 37.4 Å². The van der Waals surface area contributed by atoms with Crippen LogP contribution in [0.4, 0.5) is 43.4 Å². The van der Waals surface area contributed by atoms with Crippen LogP contribution in [0.25, 0.3) is 0 Å². The lowest BCUT2D eigenvalue weighted by Crippen LogP contribution is -2.46. The van der Waals surface area contributed by atoms with Crippen LogP contribution in [0.1, 0.15) is 35.7 Å². The highest BCUT2D eigenvalue weighted by molar-refractivity contribution is 7.92. The van der Waals surface area contributed by atoms with Crippen molar-refractivity contribution < 1.29 is 54.2 Å². The zero-order valence-electron chi connectivity index (χ0n) is 25.9. The van der Waals surface area contributed by atoms with Crippen molar-refractivity contribution in [3.63, 3.8) is 0 Å². The standard InChI is InChI=1S/C29H33F3N4O4S.C2HF3O2/c1-3-4-15-35-16-18-36(19-17-35)26-20-24(11-14-27(26)40-2)34-41(38,39)25-12-5-21(6-13-25)28(37)33-23-9-7-22(8-10-23)29(30,31)32;3-2(4,5)1(6)7/h5-14,20,34H,3-4,15-19H2,1-2H3,(H,33,37);(H,6,7). The van der Waals surface area contributed by atoms with Gasteiger partial charge in [0.25, 0.3) is 15.9 Å². The summed E-state index contributed by atoms with van der Waals surface area (Å²) in [6, 6.07) is 14.4. The molecule has 262 valence electrons. The Morgan fingerprint density at radius 1 is 0.875 bits per heavy atom. The normalized spacial score (nSPS) is 14.0. The molecule has 1 heterocycles. The highest BCUT2D eigenvalue weighted by atomic mass is 32.2. The minimum atomic E-state index is -5.08. The molecule has 0 aromatic heterocycles. The Kier molecular flexibility index (Phi) is 12.7. The first kappa shape index (κ1) is 37.9. The third kappa shape index (κ3) is 10.8. The molecular weight excluding hydrogens is 670 g/mol. The molecule has 1 saturated heterocycles. The maximum Gasteiger partial charge on any atom is 0.490 e. The summed E-state index contributed by atoms with van der Waals surface area (Å²) in [6.07, 6.45) is -7.25. The predicted octanol–water partition coefficient (Wildman–Crippen LogP) is 6.32. The van der Waals surface area contributed by atoms with E-state index in [1.807, 2.05) is 0 Å². The highest BCUT2D eigenvalue weighted by Crippen LogP contribution is 2.33. The fraction of sp³-hybridized carbons (Fsp3) is 0.355. The van der Waals surface area contributed by atoms with Crippen molar-refractivity contribution in [3.05, 3.63) is 77.9 Å². The van der Waals surface area contributed by atoms with Crippen molar-refractivity contribution >= 4 is 39.0 Å². The number of rotatable bonds is 10. The molecule has 3 aromatic rings. The summed E-state index contributed by atoms with van der Waals surface area (Å²) < 4.78 is 104. The van der Waals surface area contributed by atoms with Crippen molar-refractivity contribution in [2.75, 3.05) is 54.8 Å². The number of unbranched alkanes of at least 4 members (excludes halogenated alkanes) is 1. The van der Waals surface area contributed by atoms with Gasteiger partial charge in [0.2, 0.25) is 0 Å². The van der Waals surface area contributed by atoms with E-state index in [9.17, 15) is 39.6 Å². The van der Waals surface area contributed by atoms with Crippen molar-refractivity contribution in [3.8, 4) is 5.75 Å². The summed E-state index contributed by atoms with van der Waals surface area (Å²) in [5.74, 6) is -2.69. The molecule has 17 heteroatoms. The first-order valence-corrected chi connectivity index (χ1v) is 16.0. The van der Waals surface area contributed by atoms with E-state index in [0.717, 1.165) is 75.5 Å². The average molecular weight is 705 g/mol. The molecule has 4 rings (SSSR count). The van der Waals surface area contributed by atoms with Crippen LogP contribution in [0.5, 0.6) is 5.75 Å². The van der Waals surface area contributed by atoms with Crippen LogP contribution in [0.15, 0.2) is 71.6 Å². The van der Waals surface area contributed by atoms with Gasteiger partial charge in [0.05, 0.1) is 28.9 Å². The largest absolute Gasteiger partial charge is 0.495 e. The summed E-state index contributed by atoms with van der Waals surface area (Å²) in [6.45, 7) is 6.66. The number of anilines is 3. The number of methoxy groups -OCH3 is 1. The second-order valence-electron chi connectivity index (χ2n) is 10.5. The maximum atomic E-state index is 13.1. The number of aliphatic carboxylic acids is 1. The number of nitrogens with zero attached hydrogens (tertiary/aromatic N) is 2. The Morgan fingerprint density at radius 2 is 1.44 bits per heavy atom. The molecule has 10 nitrogen and oxygen atoms in total. The SMILES string of the molecule is CCCCN1CCN(c2cc(NS(=O)(=O)c3ccc(C(=O)Nc4ccc(C(F)(F)F)cc4)cc3)ccc2OC)CC1.O=C(O)C(F)(F)F. The van der Waals surface area contributed by atoms with Gasteiger partial charge in [0.15, 0.2) is 0 Å². The molecule has 0 saturated carbocycles. The summed E-state index contributed by atoms with van der Waals surface area (Å²) >= 11 is 0. The number of hydrogen-bond acceptors (Lipinski definition) is 7. The first-order chi connectivity index (χ1) is 22.4. The fourth-order valence-corrected chi connectivity index (χ4v) is 5.59. The van der Waals surface area contributed by atoms with E-state index in [-0.39, 0.29) is 16.1 Å². The number of amides is 1. The van der Waals surface area contributed by atoms with Crippen LogP contribution in [0.3, 0.4) is 0 Å². The monoisotopic (exact) mass is 704 g/mol. The van der Waals surface area contributed by atoms with Crippen molar-refractivity contribution in [2.24, 2.45) is 0 Å². The van der Waals surface area contributed by atoms with E-state index >= 15 is 0 Å². The van der Waals surface area contributed by atoms with Gasteiger partial charge in [0.1, 0.15) is 5.75 Å². The summed E-state index contributed by atoms with van der Waals surface area (Å²) in [5, 5.41) is 9.63. The molecule has 0 unspecified atom stereocenters. The number of alkyl halides is 6. The van der Waals surface area contributed by atoms with Gasteiger partial charge < -0.3 is 20.1 Å². The molecule has 3 aromatic carbocycles. The number of piperazine rings is 1. The Morgan fingerprint density at radius 3 is 1.94 bits per heavy atom. The van der Waals surface area contributed by atoms with Gasteiger partial charge in [-0.15, -0.1) is 0 Å². The van der Waals surface area contributed by atoms with Gasteiger partial charge in [-0.3, -0.25) is 14.4 Å². The molecule has 48 heavy (non-hydrogen) atoms. The van der Waals surface area contributed by atoms with Gasteiger partial charge >= 0.3 is 18.3 Å². The second kappa shape index (κ2) is 16.1. The van der Waals surface area contributed by atoms with E-state index in [4.69, 9.17) is 14.6 Å². The molecule has 1 fully saturated rings. The topological polar surface area (TPSA) is 128 Å². The number of nitrogens with one attached hydrogen (secondary N) is 2. The van der Waals surface area contributed by atoms with E-state index in [0.29, 0.717) is 11.4 Å². The number of benzene rings is 3. The predicted molar refractivity (Wildman–Crippen MR) is 167 cm³/mol. The number of carbonyl (C=O) groups excluding carboxylic acids is 1. The fourth-order valence-electron chi connectivity index (χ4n) is 4.54. The molecule has 0 bridgehead atoms. The van der Waals surface area contributed by atoms with Crippen molar-refractivity contribution in [1.82, 2.24) is 4.90 Å². The maximum absolute atomic E-state index is 13.1. The Bertz CT molecular complexity index is 1640. The van der Waals surface area contributed by atoms with Gasteiger partial charge in [-0.25, -0.2) is 13.2 Å². The summed E-state index contributed by atoms with van der Waals surface area (Å²) in [7, 11) is -2.40. The van der Waals surface area contributed by atoms with E-state index in [2.05, 4.69) is 26.8 Å².